The molecule has 9 heteroatoms. The van der Waals surface area contributed by atoms with E-state index < -0.39 is 24.5 Å². The predicted octanol–water partition coefficient (Wildman–Crippen LogP) is 0.961. The number of anilines is 2. The number of terminal acetylenes is 1. The van der Waals surface area contributed by atoms with Crippen LogP contribution in [0, 0.1) is 18.2 Å². The topological polar surface area (TPSA) is 105 Å². The zero-order valence-corrected chi connectivity index (χ0v) is 13.3. The van der Waals surface area contributed by atoms with Crippen LogP contribution in [0.1, 0.15) is 6.23 Å². The summed E-state index contributed by atoms with van der Waals surface area (Å²) < 4.78 is 20.1. The molecule has 2 aromatic heterocycles. The van der Waals surface area contributed by atoms with Crippen molar-refractivity contribution in [2.24, 2.45) is 0 Å². The second-order valence-electron chi connectivity index (χ2n) is 5.77. The average Bonchev–Trinajstić information content (AvgIpc) is 3.19. The van der Waals surface area contributed by atoms with Gasteiger partial charge in [0, 0.05) is 5.69 Å². The number of nitrogens with zero attached hydrogens (tertiary/aromatic N) is 4. The minimum absolute atomic E-state index is 0.346. The molecule has 4 atom stereocenters. The number of halogens is 1. The first-order valence-electron chi connectivity index (χ1n) is 7.76. The first-order valence-corrected chi connectivity index (χ1v) is 7.76. The highest BCUT2D eigenvalue weighted by atomic mass is 19.1. The van der Waals surface area contributed by atoms with Crippen LogP contribution in [0.25, 0.3) is 11.2 Å². The molecular formula is C17H14FN5O3. The van der Waals surface area contributed by atoms with Crippen LogP contribution in [0.2, 0.25) is 0 Å². The minimum atomic E-state index is -1.23. The Morgan fingerprint density at radius 3 is 2.62 bits per heavy atom. The average molecular weight is 355 g/mol. The van der Waals surface area contributed by atoms with Gasteiger partial charge in [-0.15, -0.1) is 6.42 Å². The Bertz CT molecular complexity index is 984. The summed E-state index contributed by atoms with van der Waals surface area (Å²) in [5.74, 6) is 2.35. The van der Waals surface area contributed by atoms with Gasteiger partial charge in [0.05, 0.1) is 6.33 Å². The molecule has 0 amide bonds. The van der Waals surface area contributed by atoms with Crippen molar-refractivity contribution in [3.05, 3.63) is 42.7 Å². The maximum Gasteiger partial charge on any atom is 0.167 e. The van der Waals surface area contributed by atoms with E-state index >= 15 is 0 Å². The number of hydrogen-bond donors (Lipinski definition) is 3. The number of ether oxygens (including phenoxy) is 1. The summed E-state index contributed by atoms with van der Waals surface area (Å²) in [5, 5.41) is 23.2. The smallest absolute Gasteiger partial charge is 0.167 e. The molecule has 0 aliphatic carbocycles. The molecule has 0 radical (unpaired) electrons. The number of fused-ring (bicyclic) bond motifs is 1. The quantitative estimate of drug-likeness (QED) is 0.601. The Morgan fingerprint density at radius 2 is 1.92 bits per heavy atom. The lowest BCUT2D eigenvalue weighted by Crippen LogP contribution is -2.30. The van der Waals surface area contributed by atoms with Crippen LogP contribution in [-0.4, -0.2) is 48.0 Å². The lowest BCUT2D eigenvalue weighted by Gasteiger charge is -2.16. The molecule has 1 aromatic carbocycles. The number of aliphatic hydroxyl groups excluding tert-OH is 2. The first kappa shape index (κ1) is 16.4. The van der Waals surface area contributed by atoms with Crippen molar-refractivity contribution in [3.63, 3.8) is 0 Å². The van der Waals surface area contributed by atoms with E-state index in [1.165, 1.54) is 29.4 Å². The summed E-state index contributed by atoms with van der Waals surface area (Å²) in [4.78, 5) is 12.6. The van der Waals surface area contributed by atoms with E-state index in [2.05, 4.69) is 26.2 Å². The molecule has 0 spiro atoms. The van der Waals surface area contributed by atoms with Gasteiger partial charge in [0.1, 0.15) is 30.5 Å². The van der Waals surface area contributed by atoms with Gasteiger partial charge in [-0.3, -0.25) is 4.57 Å². The van der Waals surface area contributed by atoms with Crippen LogP contribution in [-0.2, 0) is 4.74 Å². The van der Waals surface area contributed by atoms with Crippen molar-refractivity contribution in [2.75, 3.05) is 5.32 Å². The Labute approximate surface area is 147 Å². The molecule has 1 saturated heterocycles. The second-order valence-corrected chi connectivity index (χ2v) is 5.77. The second kappa shape index (κ2) is 6.34. The highest BCUT2D eigenvalue weighted by Crippen LogP contribution is 2.32. The van der Waals surface area contributed by atoms with Gasteiger partial charge in [-0.2, -0.15) is 0 Å². The van der Waals surface area contributed by atoms with Gasteiger partial charge in [-0.1, -0.05) is 5.92 Å². The summed E-state index contributed by atoms with van der Waals surface area (Å²) in [6.45, 7) is 0. The first-order chi connectivity index (χ1) is 12.6. The van der Waals surface area contributed by atoms with Gasteiger partial charge in [0.2, 0.25) is 0 Å². The Morgan fingerprint density at radius 1 is 1.15 bits per heavy atom. The van der Waals surface area contributed by atoms with Crippen molar-refractivity contribution in [3.8, 4) is 12.3 Å². The number of hydrogen-bond acceptors (Lipinski definition) is 7. The number of nitrogens with one attached hydrogen (secondary N) is 1. The van der Waals surface area contributed by atoms with Crippen LogP contribution in [0.5, 0.6) is 0 Å². The third-order valence-corrected chi connectivity index (χ3v) is 4.14. The predicted molar refractivity (Wildman–Crippen MR) is 89.8 cm³/mol. The fraction of sp³-hybridized carbons (Fsp3) is 0.235. The monoisotopic (exact) mass is 355 g/mol. The SMILES string of the molecule is C#C[C@H]1O[C@@H](n2cnc3c(Nc4ccc(F)cc4)ncnc32)[C@H](O)[C@@H]1O. The van der Waals surface area contributed by atoms with Crippen molar-refractivity contribution < 1.29 is 19.3 Å². The lowest BCUT2D eigenvalue weighted by atomic mass is 10.1. The normalized spacial score (nSPS) is 25.3. The summed E-state index contributed by atoms with van der Waals surface area (Å²) in [7, 11) is 0. The molecule has 1 aliphatic heterocycles. The molecule has 3 heterocycles. The van der Waals surface area contributed by atoms with E-state index in [4.69, 9.17) is 11.2 Å². The molecule has 1 aliphatic rings. The summed E-state index contributed by atoms with van der Waals surface area (Å²) >= 11 is 0. The number of imidazole rings is 1. The lowest BCUT2D eigenvalue weighted by molar-refractivity contribution is -0.0230. The van der Waals surface area contributed by atoms with Crippen LogP contribution in [0.4, 0.5) is 15.9 Å². The number of benzene rings is 1. The van der Waals surface area contributed by atoms with Gasteiger partial charge in [-0.05, 0) is 24.3 Å². The van der Waals surface area contributed by atoms with E-state index in [1.807, 2.05) is 0 Å². The fourth-order valence-electron chi connectivity index (χ4n) is 2.83. The fourth-order valence-corrected chi connectivity index (χ4v) is 2.83. The Hall–Kier alpha value is -3.06. The Kier molecular flexibility index (Phi) is 4.00. The molecular weight excluding hydrogens is 341 g/mol. The molecule has 8 nitrogen and oxygen atoms in total. The Balaban J connectivity index is 1.69. The number of aromatic nitrogens is 4. The molecule has 3 aromatic rings. The molecule has 1 fully saturated rings. The van der Waals surface area contributed by atoms with Gasteiger partial charge in [0.15, 0.2) is 23.2 Å². The van der Waals surface area contributed by atoms with Crippen molar-refractivity contribution >= 4 is 22.7 Å². The van der Waals surface area contributed by atoms with E-state index in [-0.39, 0.29) is 5.82 Å². The van der Waals surface area contributed by atoms with Crippen LogP contribution >= 0.6 is 0 Å². The third-order valence-electron chi connectivity index (χ3n) is 4.14. The molecule has 0 bridgehead atoms. The van der Waals surface area contributed by atoms with Gasteiger partial charge in [-0.25, -0.2) is 19.3 Å². The highest BCUT2D eigenvalue weighted by Gasteiger charge is 2.43. The van der Waals surface area contributed by atoms with Gasteiger partial charge >= 0.3 is 0 Å². The van der Waals surface area contributed by atoms with Crippen LogP contribution in [0.15, 0.2) is 36.9 Å². The summed E-state index contributed by atoms with van der Waals surface area (Å²) in [5.41, 5.74) is 1.44. The van der Waals surface area contributed by atoms with E-state index in [0.29, 0.717) is 22.7 Å². The minimum Gasteiger partial charge on any atom is -0.386 e. The third kappa shape index (κ3) is 2.66. The van der Waals surface area contributed by atoms with Crippen LogP contribution < -0.4 is 5.32 Å². The number of aliphatic hydroxyl groups is 2. The van der Waals surface area contributed by atoms with Crippen LogP contribution in [0.3, 0.4) is 0 Å². The zero-order valence-electron chi connectivity index (χ0n) is 13.3. The summed E-state index contributed by atoms with van der Waals surface area (Å²) in [6, 6.07) is 5.78. The molecule has 26 heavy (non-hydrogen) atoms. The van der Waals surface area contributed by atoms with Crippen molar-refractivity contribution in [1.29, 1.82) is 0 Å². The summed E-state index contributed by atoms with van der Waals surface area (Å²) in [6.07, 6.45) is 3.77. The van der Waals surface area contributed by atoms with Gasteiger partial charge < -0.3 is 20.3 Å². The van der Waals surface area contributed by atoms with Crippen molar-refractivity contribution in [2.45, 2.75) is 24.5 Å². The maximum atomic E-state index is 13.0. The zero-order chi connectivity index (χ0) is 18.3. The molecule has 0 saturated carbocycles. The molecule has 4 rings (SSSR count). The van der Waals surface area contributed by atoms with E-state index in [1.54, 1.807) is 12.1 Å². The van der Waals surface area contributed by atoms with Crippen molar-refractivity contribution in [1.82, 2.24) is 19.5 Å². The van der Waals surface area contributed by atoms with E-state index in [9.17, 15) is 14.6 Å². The highest BCUT2D eigenvalue weighted by molar-refractivity contribution is 5.85. The molecule has 0 unspecified atom stereocenters. The molecule has 3 N–H and O–H groups in total. The van der Waals surface area contributed by atoms with Gasteiger partial charge in [0.25, 0.3) is 0 Å². The van der Waals surface area contributed by atoms with E-state index in [0.717, 1.165) is 0 Å². The largest absolute Gasteiger partial charge is 0.386 e. The number of rotatable bonds is 3. The maximum absolute atomic E-state index is 13.0. The standard InChI is InChI=1S/C17H14FN5O3/c1-2-11-13(24)14(25)17(26-11)23-8-21-12-15(19-7-20-16(12)23)22-10-5-3-9(18)4-6-10/h1,3-8,11,13-14,17,24-25H,(H,19,20,22)/t11-,13-,14-,17-/m1/s1. The molecule has 132 valence electrons.